The maximum atomic E-state index is 12.4. The van der Waals surface area contributed by atoms with Crippen molar-refractivity contribution in [1.82, 2.24) is 4.90 Å². The first-order valence-corrected chi connectivity index (χ1v) is 13.4. The smallest absolute Gasteiger partial charge is 0.410 e. The highest BCUT2D eigenvalue weighted by Crippen LogP contribution is 2.35. The number of carbonyl (C=O) groups excluding carboxylic acids is 2. The topological polar surface area (TPSA) is 112 Å². The quantitative estimate of drug-likeness (QED) is 0.297. The van der Waals surface area contributed by atoms with Gasteiger partial charge in [-0.15, -0.1) is 0 Å². The molecule has 1 unspecified atom stereocenters. The second-order valence-electron chi connectivity index (χ2n) is 10.1. The number of unbranched alkanes of at least 4 members (excludes halogenated alkanes) is 3. The third kappa shape index (κ3) is 8.63. The molecule has 2 aliphatic rings. The summed E-state index contributed by atoms with van der Waals surface area (Å²) >= 11 is 0. The third-order valence-corrected chi connectivity index (χ3v) is 6.48. The van der Waals surface area contributed by atoms with Gasteiger partial charge < -0.3 is 34.9 Å². The van der Waals surface area contributed by atoms with Crippen molar-refractivity contribution >= 4 is 17.8 Å². The number of primary amides is 1. The Bertz CT molecular complexity index is 1220. The number of nitrogens with zero attached hydrogens (tertiary/aromatic N) is 1. The Hall–Kier alpha value is -3.74. The van der Waals surface area contributed by atoms with Crippen LogP contribution in [0.1, 0.15) is 68.7 Å². The molecule has 0 saturated carbocycles. The second-order valence-corrected chi connectivity index (χ2v) is 10.1. The molecule has 2 heterocycles. The summed E-state index contributed by atoms with van der Waals surface area (Å²) in [7, 11) is 0. The van der Waals surface area contributed by atoms with Crippen molar-refractivity contribution in [3.8, 4) is 17.6 Å². The lowest BCUT2D eigenvalue weighted by Crippen LogP contribution is -2.35. The SMILES string of the molecule is CC1(C)OCc2cc(C3CN(CCCCCCOCCC#Cc4cccc(NC(N)=O)c4)C(=O)O3)ccc2O1. The molecule has 9 heteroatoms. The highest BCUT2D eigenvalue weighted by molar-refractivity contribution is 5.87. The molecule has 2 aromatic carbocycles. The van der Waals surface area contributed by atoms with Crippen LogP contribution >= 0.6 is 0 Å². The van der Waals surface area contributed by atoms with Crippen molar-refractivity contribution in [2.75, 3.05) is 31.6 Å². The summed E-state index contributed by atoms with van der Waals surface area (Å²) in [4.78, 5) is 25.1. The number of ether oxygens (including phenoxy) is 4. The van der Waals surface area contributed by atoms with E-state index in [1.807, 2.05) is 44.2 Å². The van der Waals surface area contributed by atoms with Gasteiger partial charge in [0.15, 0.2) is 0 Å². The second kappa shape index (κ2) is 13.4. The number of nitrogens with two attached hydrogens (primary N) is 1. The number of carbonyl (C=O) groups is 2. The molecular weight excluding hydrogens is 498 g/mol. The summed E-state index contributed by atoms with van der Waals surface area (Å²) < 4.78 is 22.9. The first-order valence-electron chi connectivity index (χ1n) is 13.4. The number of cyclic esters (lactones) is 1. The van der Waals surface area contributed by atoms with Crippen molar-refractivity contribution in [2.24, 2.45) is 5.73 Å². The third-order valence-electron chi connectivity index (χ3n) is 6.48. The van der Waals surface area contributed by atoms with Crippen molar-refractivity contribution in [2.45, 2.75) is 64.4 Å². The van der Waals surface area contributed by atoms with E-state index < -0.39 is 11.8 Å². The van der Waals surface area contributed by atoms with Crippen LogP contribution in [0.3, 0.4) is 0 Å². The molecule has 208 valence electrons. The van der Waals surface area contributed by atoms with Crippen LogP contribution < -0.4 is 15.8 Å². The van der Waals surface area contributed by atoms with Gasteiger partial charge in [-0.1, -0.05) is 36.8 Å². The molecule has 0 radical (unpaired) electrons. The largest absolute Gasteiger partial charge is 0.463 e. The Morgan fingerprint density at radius 3 is 2.85 bits per heavy atom. The van der Waals surface area contributed by atoms with Crippen molar-refractivity contribution in [3.63, 3.8) is 0 Å². The molecule has 3 amide bonds. The first-order chi connectivity index (χ1) is 18.8. The van der Waals surface area contributed by atoms with Crippen LogP contribution in [-0.2, 0) is 20.8 Å². The molecule has 1 atom stereocenters. The van der Waals surface area contributed by atoms with Crippen LogP contribution in [0.2, 0.25) is 0 Å². The van der Waals surface area contributed by atoms with E-state index in [0.29, 0.717) is 45.0 Å². The Labute approximate surface area is 229 Å². The van der Waals surface area contributed by atoms with Gasteiger partial charge in [-0.05, 0) is 48.7 Å². The van der Waals surface area contributed by atoms with Gasteiger partial charge in [-0.25, -0.2) is 9.59 Å². The van der Waals surface area contributed by atoms with Gasteiger partial charge in [-0.3, -0.25) is 0 Å². The zero-order valence-corrected chi connectivity index (χ0v) is 22.7. The lowest BCUT2D eigenvalue weighted by atomic mass is 10.0. The Morgan fingerprint density at radius 2 is 2.00 bits per heavy atom. The summed E-state index contributed by atoms with van der Waals surface area (Å²) in [5.41, 5.74) is 8.50. The molecule has 2 aromatic rings. The van der Waals surface area contributed by atoms with E-state index in [-0.39, 0.29) is 12.2 Å². The maximum Gasteiger partial charge on any atom is 0.410 e. The van der Waals surface area contributed by atoms with Crippen molar-refractivity contribution in [3.05, 3.63) is 59.2 Å². The minimum absolute atomic E-state index is 0.258. The number of rotatable bonds is 11. The normalized spacial score (nSPS) is 17.4. The highest BCUT2D eigenvalue weighted by Gasteiger charge is 2.33. The van der Waals surface area contributed by atoms with Crippen LogP contribution in [-0.4, -0.2) is 49.1 Å². The number of benzene rings is 2. The molecule has 2 aliphatic heterocycles. The van der Waals surface area contributed by atoms with Gasteiger partial charge in [0.25, 0.3) is 0 Å². The summed E-state index contributed by atoms with van der Waals surface area (Å²) in [6.07, 6.45) is 4.07. The van der Waals surface area contributed by atoms with Gasteiger partial charge in [0.05, 0.1) is 19.8 Å². The molecule has 0 spiro atoms. The molecule has 0 aliphatic carbocycles. The summed E-state index contributed by atoms with van der Waals surface area (Å²) in [6, 6.07) is 12.5. The molecular formula is C30H37N3O6. The predicted octanol–water partition coefficient (Wildman–Crippen LogP) is 5.33. The lowest BCUT2D eigenvalue weighted by molar-refractivity contribution is -0.180. The number of nitrogens with one attached hydrogen (secondary N) is 1. The van der Waals surface area contributed by atoms with E-state index in [9.17, 15) is 9.59 Å². The van der Waals surface area contributed by atoms with E-state index in [0.717, 1.165) is 48.1 Å². The number of hydrogen-bond acceptors (Lipinski definition) is 6. The van der Waals surface area contributed by atoms with Gasteiger partial charge >= 0.3 is 12.1 Å². The Balaban J connectivity index is 1.06. The molecule has 4 rings (SSSR count). The van der Waals surface area contributed by atoms with Crippen molar-refractivity contribution in [1.29, 1.82) is 0 Å². The summed E-state index contributed by atoms with van der Waals surface area (Å²) in [5.74, 6) is 6.33. The van der Waals surface area contributed by atoms with Gasteiger partial charge in [-0.2, -0.15) is 0 Å². The van der Waals surface area contributed by atoms with Crippen LogP contribution in [0.15, 0.2) is 42.5 Å². The van der Waals surface area contributed by atoms with Crippen LogP contribution in [0.5, 0.6) is 5.75 Å². The molecule has 39 heavy (non-hydrogen) atoms. The van der Waals surface area contributed by atoms with E-state index in [1.54, 1.807) is 17.0 Å². The van der Waals surface area contributed by atoms with E-state index in [1.165, 1.54) is 0 Å². The monoisotopic (exact) mass is 535 g/mol. The zero-order valence-electron chi connectivity index (χ0n) is 22.7. The number of fused-ring (bicyclic) bond motifs is 1. The van der Waals surface area contributed by atoms with Crippen LogP contribution in [0, 0.1) is 11.8 Å². The molecule has 0 bridgehead atoms. The highest BCUT2D eigenvalue weighted by atomic mass is 16.7. The van der Waals surface area contributed by atoms with Crippen molar-refractivity contribution < 1.29 is 28.5 Å². The molecule has 0 aromatic heterocycles. The lowest BCUT2D eigenvalue weighted by Gasteiger charge is -2.32. The fraction of sp³-hybridized carbons (Fsp3) is 0.467. The van der Waals surface area contributed by atoms with E-state index >= 15 is 0 Å². The van der Waals surface area contributed by atoms with Gasteiger partial charge in [0.1, 0.15) is 11.9 Å². The molecule has 3 N–H and O–H groups in total. The Kier molecular flexibility index (Phi) is 9.69. The standard InChI is InChI=1S/C30H37N3O6/c1-30(2)37-21-24-19-23(13-14-26(24)39-30)27-20-33(29(35)38-27)15-6-3-4-7-16-36-17-8-5-10-22-11-9-12-25(18-22)32-28(31)34/h9,11-14,18-19,27H,3-4,6-8,15-17,20-21H2,1-2H3,(H3,31,32,34). The number of amides is 3. The van der Waals surface area contributed by atoms with E-state index in [4.69, 9.17) is 24.7 Å². The predicted molar refractivity (Wildman–Crippen MR) is 147 cm³/mol. The molecule has 9 nitrogen and oxygen atoms in total. The number of urea groups is 1. The van der Waals surface area contributed by atoms with Crippen LogP contribution in [0.4, 0.5) is 15.3 Å². The average molecular weight is 536 g/mol. The minimum atomic E-state index is -0.631. The van der Waals surface area contributed by atoms with Gasteiger partial charge in [0, 0.05) is 50.2 Å². The minimum Gasteiger partial charge on any atom is -0.463 e. The zero-order chi connectivity index (χ0) is 27.7. The van der Waals surface area contributed by atoms with Gasteiger partial charge in [0.2, 0.25) is 5.79 Å². The van der Waals surface area contributed by atoms with E-state index in [2.05, 4.69) is 17.2 Å². The summed E-state index contributed by atoms with van der Waals surface area (Å²) in [6.45, 7) is 6.77. The fourth-order valence-corrected chi connectivity index (χ4v) is 4.49. The Morgan fingerprint density at radius 1 is 1.15 bits per heavy atom. The summed E-state index contributed by atoms with van der Waals surface area (Å²) in [5, 5.41) is 2.54. The molecule has 1 fully saturated rings. The number of anilines is 1. The first kappa shape index (κ1) is 28.3. The van der Waals surface area contributed by atoms with Crippen LogP contribution in [0.25, 0.3) is 0 Å². The average Bonchev–Trinajstić information content (AvgIpc) is 3.26. The maximum absolute atomic E-state index is 12.4. The number of hydrogen-bond donors (Lipinski definition) is 2. The molecule has 1 saturated heterocycles. The fourth-order valence-electron chi connectivity index (χ4n) is 4.49.